The molecule has 1 aromatic heterocycles. The first-order chi connectivity index (χ1) is 12.0. The molecule has 0 aliphatic rings. The quantitative estimate of drug-likeness (QED) is 0.620. The van der Waals surface area contributed by atoms with Gasteiger partial charge in [-0.3, -0.25) is 4.79 Å². The molecule has 0 unspecified atom stereocenters. The van der Waals surface area contributed by atoms with Gasteiger partial charge < -0.3 is 10.6 Å². The van der Waals surface area contributed by atoms with E-state index in [4.69, 9.17) is 34.8 Å². The zero-order chi connectivity index (χ0) is 17.8. The third kappa shape index (κ3) is 4.39. The van der Waals surface area contributed by atoms with Gasteiger partial charge in [0.25, 0.3) is 5.91 Å². The van der Waals surface area contributed by atoms with Crippen molar-refractivity contribution in [2.45, 2.75) is 0 Å². The van der Waals surface area contributed by atoms with Crippen molar-refractivity contribution in [3.05, 3.63) is 75.6 Å². The van der Waals surface area contributed by atoms with Crippen LogP contribution < -0.4 is 10.6 Å². The van der Waals surface area contributed by atoms with Gasteiger partial charge in [0, 0.05) is 10.7 Å². The van der Waals surface area contributed by atoms with Crippen LogP contribution in [0.4, 0.5) is 17.2 Å². The Morgan fingerprint density at radius 3 is 2.28 bits per heavy atom. The Kier molecular flexibility index (Phi) is 5.38. The summed E-state index contributed by atoms with van der Waals surface area (Å²) in [6, 6.07) is 12.0. The minimum Gasteiger partial charge on any atom is -0.337 e. The van der Waals surface area contributed by atoms with Crippen molar-refractivity contribution in [3.63, 3.8) is 0 Å². The SMILES string of the molecule is O=C(Nc1cccc(Cl)c1)c1cnc(Nc2c(Cl)cccc2Cl)cn1. The average molecular weight is 394 g/mol. The molecule has 0 radical (unpaired) electrons. The minimum absolute atomic E-state index is 0.163. The second-order valence-electron chi connectivity index (χ2n) is 4.97. The van der Waals surface area contributed by atoms with Crippen molar-refractivity contribution in [2.24, 2.45) is 0 Å². The Bertz CT molecular complexity index is 896. The highest BCUT2D eigenvalue weighted by Gasteiger charge is 2.10. The lowest BCUT2D eigenvalue weighted by Crippen LogP contribution is -2.14. The second-order valence-corrected chi connectivity index (χ2v) is 6.22. The third-order valence-electron chi connectivity index (χ3n) is 3.18. The number of carbonyl (C=O) groups is 1. The van der Waals surface area contributed by atoms with E-state index in [-0.39, 0.29) is 5.69 Å². The second kappa shape index (κ2) is 7.70. The molecule has 126 valence electrons. The van der Waals surface area contributed by atoms with Gasteiger partial charge in [-0.15, -0.1) is 0 Å². The van der Waals surface area contributed by atoms with E-state index in [0.29, 0.717) is 32.3 Å². The minimum atomic E-state index is -0.392. The number of aromatic nitrogens is 2. The van der Waals surface area contributed by atoms with Gasteiger partial charge in [0.1, 0.15) is 11.5 Å². The molecule has 0 bridgehead atoms. The van der Waals surface area contributed by atoms with Gasteiger partial charge in [0.15, 0.2) is 0 Å². The van der Waals surface area contributed by atoms with Gasteiger partial charge in [-0.1, -0.05) is 46.9 Å². The number of anilines is 3. The summed E-state index contributed by atoms with van der Waals surface area (Å²) in [5.41, 5.74) is 1.26. The van der Waals surface area contributed by atoms with E-state index < -0.39 is 5.91 Å². The first-order valence-corrected chi connectivity index (χ1v) is 8.26. The van der Waals surface area contributed by atoms with Crippen LogP contribution in [0, 0.1) is 0 Å². The van der Waals surface area contributed by atoms with Gasteiger partial charge in [0.2, 0.25) is 0 Å². The summed E-state index contributed by atoms with van der Waals surface area (Å²) in [6.45, 7) is 0. The Labute approximate surface area is 159 Å². The van der Waals surface area contributed by atoms with Gasteiger partial charge >= 0.3 is 0 Å². The van der Waals surface area contributed by atoms with Crippen molar-refractivity contribution in [1.29, 1.82) is 0 Å². The standard InChI is InChI=1S/C17H11Cl3N4O/c18-10-3-1-4-11(7-10)23-17(25)14-8-22-15(9-21-14)24-16-12(19)5-2-6-13(16)20/h1-9H,(H,22,24)(H,23,25). The van der Waals surface area contributed by atoms with E-state index in [2.05, 4.69) is 20.6 Å². The molecule has 1 amide bonds. The van der Waals surface area contributed by atoms with Crippen LogP contribution in [0.2, 0.25) is 15.1 Å². The number of carbonyl (C=O) groups excluding carboxylic acids is 1. The van der Waals surface area contributed by atoms with Crippen molar-refractivity contribution in [3.8, 4) is 0 Å². The molecular weight excluding hydrogens is 383 g/mol. The van der Waals surface area contributed by atoms with Crippen LogP contribution in [0.15, 0.2) is 54.9 Å². The first kappa shape index (κ1) is 17.5. The maximum absolute atomic E-state index is 12.2. The highest BCUT2D eigenvalue weighted by Crippen LogP contribution is 2.31. The van der Waals surface area contributed by atoms with Gasteiger partial charge in [-0.25, -0.2) is 9.97 Å². The lowest BCUT2D eigenvalue weighted by Gasteiger charge is -2.09. The van der Waals surface area contributed by atoms with Crippen LogP contribution in [0.1, 0.15) is 10.5 Å². The molecule has 0 aliphatic heterocycles. The number of halogens is 3. The number of hydrogen-bond donors (Lipinski definition) is 2. The topological polar surface area (TPSA) is 66.9 Å². The van der Waals surface area contributed by atoms with Crippen molar-refractivity contribution in [1.82, 2.24) is 9.97 Å². The molecule has 0 saturated heterocycles. The predicted octanol–water partition coefficient (Wildman–Crippen LogP) is 5.43. The molecule has 25 heavy (non-hydrogen) atoms. The summed E-state index contributed by atoms with van der Waals surface area (Å²) in [5, 5.41) is 7.11. The van der Waals surface area contributed by atoms with E-state index >= 15 is 0 Å². The highest BCUT2D eigenvalue weighted by molar-refractivity contribution is 6.39. The summed E-state index contributed by atoms with van der Waals surface area (Å²) in [7, 11) is 0. The van der Waals surface area contributed by atoms with Crippen LogP contribution in [-0.4, -0.2) is 15.9 Å². The fourth-order valence-electron chi connectivity index (χ4n) is 2.02. The van der Waals surface area contributed by atoms with Gasteiger partial charge in [-0.2, -0.15) is 0 Å². The molecule has 0 atom stereocenters. The fourth-order valence-corrected chi connectivity index (χ4v) is 2.70. The van der Waals surface area contributed by atoms with Crippen LogP contribution in [0.25, 0.3) is 0 Å². The molecule has 5 nitrogen and oxygen atoms in total. The Balaban J connectivity index is 1.72. The van der Waals surface area contributed by atoms with Crippen LogP contribution in [-0.2, 0) is 0 Å². The number of benzene rings is 2. The molecule has 3 rings (SSSR count). The highest BCUT2D eigenvalue weighted by atomic mass is 35.5. The maximum Gasteiger partial charge on any atom is 0.275 e. The molecule has 2 N–H and O–H groups in total. The van der Waals surface area contributed by atoms with E-state index in [0.717, 1.165) is 0 Å². The summed E-state index contributed by atoms with van der Waals surface area (Å²) in [6.07, 6.45) is 2.78. The van der Waals surface area contributed by atoms with Crippen LogP contribution in [0.3, 0.4) is 0 Å². The molecule has 0 spiro atoms. The molecule has 0 aliphatic carbocycles. The van der Waals surface area contributed by atoms with E-state index in [1.165, 1.54) is 12.4 Å². The largest absolute Gasteiger partial charge is 0.337 e. The summed E-state index contributed by atoms with van der Waals surface area (Å²) >= 11 is 18.1. The molecule has 1 heterocycles. The third-order valence-corrected chi connectivity index (χ3v) is 4.05. The number of hydrogen-bond acceptors (Lipinski definition) is 4. The number of nitrogens with zero attached hydrogens (tertiary/aromatic N) is 2. The lowest BCUT2D eigenvalue weighted by atomic mass is 10.3. The molecular formula is C17H11Cl3N4O. The molecule has 2 aromatic carbocycles. The van der Waals surface area contributed by atoms with Crippen molar-refractivity contribution in [2.75, 3.05) is 10.6 Å². The first-order valence-electron chi connectivity index (χ1n) is 7.13. The number of para-hydroxylation sites is 1. The molecule has 3 aromatic rings. The molecule has 0 saturated carbocycles. The molecule has 8 heteroatoms. The molecule has 0 fully saturated rings. The van der Waals surface area contributed by atoms with Crippen molar-refractivity contribution < 1.29 is 4.79 Å². The normalized spacial score (nSPS) is 10.4. The Morgan fingerprint density at radius 2 is 1.64 bits per heavy atom. The maximum atomic E-state index is 12.2. The average Bonchev–Trinajstić information content (AvgIpc) is 2.59. The zero-order valence-corrected chi connectivity index (χ0v) is 14.9. The van der Waals surface area contributed by atoms with Gasteiger partial charge in [0.05, 0.1) is 28.1 Å². The predicted molar refractivity (Wildman–Crippen MR) is 101 cm³/mol. The van der Waals surface area contributed by atoms with E-state index in [1.807, 2.05) is 0 Å². The number of amides is 1. The van der Waals surface area contributed by atoms with Gasteiger partial charge in [-0.05, 0) is 30.3 Å². The Hall–Kier alpha value is -2.34. The smallest absolute Gasteiger partial charge is 0.275 e. The van der Waals surface area contributed by atoms with Crippen LogP contribution in [0.5, 0.6) is 0 Å². The lowest BCUT2D eigenvalue weighted by molar-refractivity contribution is 0.102. The number of nitrogens with one attached hydrogen (secondary N) is 2. The summed E-state index contributed by atoms with van der Waals surface area (Å²) in [5.74, 6) is 0.0198. The summed E-state index contributed by atoms with van der Waals surface area (Å²) < 4.78 is 0. The van der Waals surface area contributed by atoms with E-state index in [9.17, 15) is 4.79 Å². The monoisotopic (exact) mass is 392 g/mol. The van der Waals surface area contributed by atoms with Crippen molar-refractivity contribution >= 4 is 57.9 Å². The fraction of sp³-hybridized carbons (Fsp3) is 0. The Morgan fingerprint density at radius 1 is 0.920 bits per heavy atom. The van der Waals surface area contributed by atoms with Crippen LogP contribution >= 0.6 is 34.8 Å². The zero-order valence-electron chi connectivity index (χ0n) is 12.6. The summed E-state index contributed by atoms with van der Waals surface area (Å²) in [4.78, 5) is 20.4. The van der Waals surface area contributed by atoms with E-state index in [1.54, 1.807) is 42.5 Å². The number of rotatable bonds is 4.